The van der Waals surface area contributed by atoms with Crippen LogP contribution in [0.25, 0.3) is 0 Å². The number of benzene rings is 1. The summed E-state index contributed by atoms with van der Waals surface area (Å²) >= 11 is 0. The minimum absolute atomic E-state index is 0.0722. The molecule has 1 saturated heterocycles. The lowest BCUT2D eigenvalue weighted by Gasteiger charge is -2.31. The Hall–Kier alpha value is -2.85. The fourth-order valence-electron chi connectivity index (χ4n) is 5.73. The van der Waals surface area contributed by atoms with Crippen LogP contribution in [-0.2, 0) is 18.2 Å². The molecule has 40 heavy (non-hydrogen) atoms. The van der Waals surface area contributed by atoms with Crippen LogP contribution >= 0.6 is 0 Å². The van der Waals surface area contributed by atoms with Crippen LogP contribution in [0.2, 0.25) is 0 Å². The number of hydrogen-bond donors (Lipinski definition) is 1. The Kier molecular flexibility index (Phi) is 8.56. The SMILES string of the molecule is CC1CC(F)(F)C1.Cc1cc2c(cc1C(=O)N1CCCN(CCOCC3CC3)CC1)Cc1c(cnn1C)C(=O)N2. The van der Waals surface area contributed by atoms with Crippen molar-refractivity contribution in [1.29, 1.82) is 0 Å². The van der Waals surface area contributed by atoms with Gasteiger partial charge in [-0.15, -0.1) is 0 Å². The van der Waals surface area contributed by atoms with Crippen LogP contribution < -0.4 is 5.32 Å². The number of anilines is 1. The highest BCUT2D eigenvalue weighted by Crippen LogP contribution is 2.41. The van der Waals surface area contributed by atoms with E-state index in [9.17, 15) is 18.4 Å². The lowest BCUT2D eigenvalue weighted by Crippen LogP contribution is -2.36. The molecular weight excluding hydrogens is 516 g/mol. The lowest BCUT2D eigenvalue weighted by molar-refractivity contribution is -0.104. The fourth-order valence-corrected chi connectivity index (χ4v) is 5.73. The van der Waals surface area contributed by atoms with E-state index >= 15 is 0 Å². The summed E-state index contributed by atoms with van der Waals surface area (Å²) in [4.78, 5) is 30.5. The monoisotopic (exact) mass is 557 g/mol. The average molecular weight is 558 g/mol. The van der Waals surface area contributed by atoms with Gasteiger partial charge in [-0.05, 0) is 67.8 Å². The zero-order valence-electron chi connectivity index (χ0n) is 23.8. The van der Waals surface area contributed by atoms with Crippen LogP contribution in [0, 0.1) is 18.8 Å². The molecule has 8 nitrogen and oxygen atoms in total. The van der Waals surface area contributed by atoms with Crippen molar-refractivity contribution in [2.45, 2.75) is 58.3 Å². The summed E-state index contributed by atoms with van der Waals surface area (Å²) in [6.07, 6.45) is 5.98. The van der Waals surface area contributed by atoms with Gasteiger partial charge in [0.2, 0.25) is 5.92 Å². The third kappa shape index (κ3) is 6.89. The zero-order valence-corrected chi connectivity index (χ0v) is 23.8. The van der Waals surface area contributed by atoms with Gasteiger partial charge in [-0.2, -0.15) is 5.10 Å². The normalized spacial score (nSPS) is 20.7. The number of alkyl halides is 2. The van der Waals surface area contributed by atoms with E-state index in [1.807, 2.05) is 37.9 Å². The van der Waals surface area contributed by atoms with Gasteiger partial charge < -0.3 is 15.0 Å². The predicted octanol–water partition coefficient (Wildman–Crippen LogP) is 4.51. The highest BCUT2D eigenvalue weighted by atomic mass is 19.3. The molecule has 2 aliphatic heterocycles. The van der Waals surface area contributed by atoms with Crippen molar-refractivity contribution in [3.8, 4) is 0 Å². The molecule has 1 aromatic heterocycles. The number of fused-ring (bicyclic) bond motifs is 2. The molecule has 2 saturated carbocycles. The molecule has 3 fully saturated rings. The molecule has 2 aliphatic carbocycles. The van der Waals surface area contributed by atoms with Gasteiger partial charge in [-0.1, -0.05) is 6.92 Å². The number of nitrogens with one attached hydrogen (secondary N) is 1. The van der Waals surface area contributed by atoms with E-state index in [1.165, 1.54) is 12.8 Å². The lowest BCUT2D eigenvalue weighted by atomic mass is 9.83. The van der Waals surface area contributed by atoms with Crippen LogP contribution in [0.15, 0.2) is 18.3 Å². The van der Waals surface area contributed by atoms with E-state index in [1.54, 1.807) is 10.9 Å². The van der Waals surface area contributed by atoms with Crippen LogP contribution in [0.1, 0.15) is 76.6 Å². The largest absolute Gasteiger partial charge is 0.380 e. The highest BCUT2D eigenvalue weighted by molar-refractivity contribution is 6.07. The topological polar surface area (TPSA) is 79.7 Å². The molecule has 0 bridgehead atoms. The Balaban J connectivity index is 0.000000403. The van der Waals surface area contributed by atoms with E-state index in [4.69, 9.17) is 4.74 Å². The molecule has 10 heteroatoms. The van der Waals surface area contributed by atoms with Gasteiger partial charge >= 0.3 is 0 Å². The van der Waals surface area contributed by atoms with Gasteiger partial charge in [0.05, 0.1) is 24.1 Å². The second-order valence-electron chi connectivity index (χ2n) is 12.0. The van der Waals surface area contributed by atoms with E-state index in [-0.39, 0.29) is 30.6 Å². The maximum absolute atomic E-state index is 13.5. The number of nitrogens with zero attached hydrogens (tertiary/aromatic N) is 4. The molecule has 1 aromatic carbocycles. The molecule has 0 unspecified atom stereocenters. The molecule has 4 aliphatic rings. The number of carbonyl (C=O) groups is 2. The zero-order chi connectivity index (χ0) is 28.4. The summed E-state index contributed by atoms with van der Waals surface area (Å²) < 4.78 is 31.1. The van der Waals surface area contributed by atoms with Crippen LogP contribution in [0.4, 0.5) is 14.5 Å². The molecule has 2 aromatic rings. The third-order valence-electron chi connectivity index (χ3n) is 8.37. The number of ether oxygens (including phenoxy) is 1. The number of halogens is 2. The maximum atomic E-state index is 13.5. The summed E-state index contributed by atoms with van der Waals surface area (Å²) in [5.41, 5.74) is 4.78. The van der Waals surface area contributed by atoms with Gasteiger partial charge in [-0.25, -0.2) is 8.78 Å². The smallest absolute Gasteiger partial charge is 0.259 e. The van der Waals surface area contributed by atoms with Crippen molar-refractivity contribution >= 4 is 17.5 Å². The molecule has 6 rings (SSSR count). The first-order valence-corrected chi connectivity index (χ1v) is 14.5. The second-order valence-corrected chi connectivity index (χ2v) is 12.0. The first kappa shape index (κ1) is 28.7. The number of hydrogen-bond acceptors (Lipinski definition) is 5. The Labute approximate surface area is 235 Å². The Morgan fingerprint density at radius 2 is 1.95 bits per heavy atom. The van der Waals surface area contributed by atoms with Gasteiger partial charge in [0.1, 0.15) is 0 Å². The van der Waals surface area contributed by atoms with Crippen LogP contribution in [0.3, 0.4) is 0 Å². The molecular formula is C30H41F2N5O3. The van der Waals surface area contributed by atoms with E-state index in [2.05, 4.69) is 15.3 Å². The van der Waals surface area contributed by atoms with E-state index < -0.39 is 5.92 Å². The number of amides is 2. The molecule has 3 heterocycles. The van der Waals surface area contributed by atoms with Crippen molar-refractivity contribution in [2.75, 3.05) is 51.3 Å². The molecule has 2 amide bonds. The molecule has 1 N–H and O–H groups in total. The first-order chi connectivity index (χ1) is 19.1. The van der Waals surface area contributed by atoms with Gasteiger partial charge in [0, 0.05) is 70.3 Å². The summed E-state index contributed by atoms with van der Waals surface area (Å²) in [7, 11) is 1.84. The standard InChI is InChI=1S/C25H33N5O3.C5H8F2/c1-17-12-22-19(14-23-21(24(31)27-22)15-26-28(23)2)13-20(17)25(32)30-7-3-6-29(8-9-30)10-11-33-16-18-4-5-18;1-4-2-5(6,7)3-4/h12-13,15,18H,3-11,14,16H2,1-2H3,(H,27,31);4H,2-3H2,1H3. The van der Waals surface area contributed by atoms with E-state index in [0.29, 0.717) is 12.0 Å². The Morgan fingerprint density at radius 1 is 1.18 bits per heavy atom. The van der Waals surface area contributed by atoms with Gasteiger partial charge in [-0.3, -0.25) is 19.2 Å². The van der Waals surface area contributed by atoms with Crippen molar-refractivity contribution in [3.63, 3.8) is 0 Å². The summed E-state index contributed by atoms with van der Waals surface area (Å²) in [5.74, 6) is -1.33. The highest BCUT2D eigenvalue weighted by Gasteiger charge is 2.42. The number of aryl methyl sites for hydroxylation is 2. The number of rotatable bonds is 6. The van der Waals surface area contributed by atoms with Gasteiger partial charge in [0.25, 0.3) is 11.8 Å². The summed E-state index contributed by atoms with van der Waals surface area (Å²) in [5, 5.41) is 7.23. The Bertz CT molecular complexity index is 1230. The maximum Gasteiger partial charge on any atom is 0.259 e. The van der Waals surface area contributed by atoms with Crippen molar-refractivity contribution in [2.24, 2.45) is 18.9 Å². The second kappa shape index (κ2) is 11.9. The Morgan fingerprint density at radius 3 is 2.62 bits per heavy atom. The molecule has 0 atom stereocenters. The van der Waals surface area contributed by atoms with Crippen molar-refractivity contribution in [1.82, 2.24) is 19.6 Å². The average Bonchev–Trinajstić information content (AvgIpc) is 3.69. The number of carbonyl (C=O) groups excluding carboxylic acids is 2. The minimum atomic E-state index is -2.31. The fraction of sp³-hybridized carbons (Fsp3) is 0.633. The quantitative estimate of drug-likeness (QED) is 0.529. The molecule has 0 spiro atoms. The summed E-state index contributed by atoms with van der Waals surface area (Å²) in [6.45, 7) is 9.74. The number of aromatic nitrogens is 2. The first-order valence-electron chi connectivity index (χ1n) is 14.5. The third-order valence-corrected chi connectivity index (χ3v) is 8.37. The van der Waals surface area contributed by atoms with Crippen LogP contribution in [-0.4, -0.2) is 83.3 Å². The summed E-state index contributed by atoms with van der Waals surface area (Å²) in [6, 6.07) is 3.89. The van der Waals surface area contributed by atoms with Crippen molar-refractivity contribution < 1.29 is 23.1 Å². The van der Waals surface area contributed by atoms with E-state index in [0.717, 1.165) is 86.3 Å². The van der Waals surface area contributed by atoms with Gasteiger partial charge in [0.15, 0.2) is 0 Å². The van der Waals surface area contributed by atoms with Crippen LogP contribution in [0.5, 0.6) is 0 Å². The molecule has 218 valence electrons. The molecule has 0 radical (unpaired) electrons. The predicted molar refractivity (Wildman–Crippen MR) is 149 cm³/mol. The van der Waals surface area contributed by atoms with Crippen molar-refractivity contribution in [3.05, 3.63) is 46.3 Å². The minimum Gasteiger partial charge on any atom is -0.380 e.